The van der Waals surface area contributed by atoms with Gasteiger partial charge in [0.15, 0.2) is 0 Å². The lowest BCUT2D eigenvalue weighted by molar-refractivity contribution is 0.400. The molecule has 19 aromatic carbocycles. The van der Waals surface area contributed by atoms with E-state index in [1.165, 1.54) is 566 Å². The second-order valence-corrected chi connectivity index (χ2v) is 44.3. The summed E-state index contributed by atoms with van der Waals surface area (Å²) in [6.45, 7) is 14.1. The van der Waals surface area contributed by atoms with Crippen LogP contribution in [-0.2, 0) is 19.3 Å². The average Bonchev–Trinajstić information content (AvgIpc) is 0.630. The summed E-state index contributed by atoms with van der Waals surface area (Å²) in [5.74, 6) is 2.15. The molecule has 0 aliphatic rings. The number of benzene rings is 19. The van der Waals surface area contributed by atoms with Gasteiger partial charge in [0.05, 0.1) is 0 Å². The number of rotatable bonds is 66. The minimum absolute atomic E-state index is 0.717. The minimum Gasteiger partial charge on any atom is -0.0654 e. The predicted molar refractivity (Wildman–Crippen MR) is 595 cm³/mol. The maximum atomic E-state index is 2.75. The van der Waals surface area contributed by atoms with Crippen molar-refractivity contribution in [2.75, 3.05) is 0 Å². The van der Waals surface area contributed by atoms with Crippen LogP contribution in [0, 0.1) is 17.8 Å². The molecule has 0 heteroatoms. The van der Waals surface area contributed by atoms with Gasteiger partial charge in [-0.2, -0.15) is 0 Å². The van der Waals surface area contributed by atoms with Crippen molar-refractivity contribution in [2.24, 2.45) is 17.8 Å². The van der Waals surface area contributed by atoms with E-state index in [0.29, 0.717) is 0 Å². The van der Waals surface area contributed by atoms with Gasteiger partial charge in [0, 0.05) is 0 Å². The second-order valence-electron chi connectivity index (χ2n) is 44.3. The highest BCUT2D eigenvalue weighted by Gasteiger charge is 2.36. The molecule has 0 N–H and O–H groups in total. The van der Waals surface area contributed by atoms with Crippen molar-refractivity contribution in [1.29, 1.82) is 0 Å². The molecule has 0 bridgehead atoms. The smallest absolute Gasteiger partial charge is 0.0000242 e. The molecule has 0 fully saturated rings. The molecule has 696 valence electrons. The SMILES string of the molecule is CCCCCCCCCCCCC(CCCCCCCCCC)Cc1ccc2c(c1)c1ccc3c4ccc5c6ccc(CC(CCCCCCCCCC)CCCCCCCCCCCC)cc6c6ccc7c8ccc9c%10ccc(CC(CCCCCCCCCC)CCCCCCCCCCCC)cc%10c%10ccc%11c%12ccc2c2c1c3c1c3c4c5c6c7c3c3c8c9c%10c%11c3c1c%122. The van der Waals surface area contributed by atoms with Crippen LogP contribution >= 0.6 is 0 Å². The van der Waals surface area contributed by atoms with Crippen LogP contribution in [0.25, 0.3) is 194 Å². The normalized spacial score (nSPS) is 13.7. The first-order valence-corrected chi connectivity index (χ1v) is 57.2. The molecule has 0 nitrogen and oxygen atoms in total. The van der Waals surface area contributed by atoms with Gasteiger partial charge in [0.25, 0.3) is 0 Å². The van der Waals surface area contributed by atoms with E-state index >= 15 is 0 Å². The highest BCUT2D eigenvalue weighted by atomic mass is 14.4. The van der Waals surface area contributed by atoms with Crippen molar-refractivity contribution in [1.82, 2.24) is 0 Å². The van der Waals surface area contributed by atoms with Crippen molar-refractivity contribution >= 4 is 194 Å². The zero-order valence-electron chi connectivity index (χ0n) is 83.9. The molecule has 0 aromatic heterocycles. The highest BCUT2D eigenvalue weighted by molar-refractivity contribution is 6.65. The Morgan fingerprint density at radius 2 is 0.242 bits per heavy atom. The van der Waals surface area contributed by atoms with E-state index in [-0.39, 0.29) is 0 Å². The summed E-state index contributed by atoms with van der Waals surface area (Å²) in [5, 5.41) is 53.6. The Labute approximate surface area is 796 Å². The third-order valence-electron chi connectivity index (χ3n) is 34.7. The first-order valence-electron chi connectivity index (χ1n) is 57.2. The Hall–Kier alpha value is -7.80. The van der Waals surface area contributed by atoms with Gasteiger partial charge in [-0.05, 0) is 248 Å². The van der Waals surface area contributed by atoms with E-state index in [2.05, 4.69) is 169 Å². The number of unbranched alkanes of at least 4 members (excludes halogenated alkanes) is 48. The van der Waals surface area contributed by atoms with Crippen LogP contribution in [0.3, 0.4) is 0 Å². The molecule has 0 spiro atoms. The molecule has 19 aromatic rings. The van der Waals surface area contributed by atoms with E-state index in [1.54, 1.807) is 49.0 Å². The maximum Gasteiger partial charge on any atom is -0.0000242 e. The molecule has 19 rings (SSSR count). The Morgan fingerprint density at radius 1 is 0.121 bits per heavy atom. The van der Waals surface area contributed by atoms with Crippen LogP contribution in [0.15, 0.2) is 127 Å². The largest absolute Gasteiger partial charge is 0.0654 e. The number of fused-ring (bicyclic) bond motifs is 12. The highest BCUT2D eigenvalue weighted by Crippen LogP contribution is 2.65. The fraction of sp³-hybridized carbons (Fsp3) is 0.545. The van der Waals surface area contributed by atoms with Crippen LogP contribution < -0.4 is 0 Å². The van der Waals surface area contributed by atoms with Gasteiger partial charge in [-0.1, -0.05) is 554 Å². The zero-order valence-corrected chi connectivity index (χ0v) is 83.9. The van der Waals surface area contributed by atoms with Crippen LogP contribution in [0.1, 0.15) is 443 Å². The lowest BCUT2D eigenvalue weighted by Crippen LogP contribution is -2.06. The van der Waals surface area contributed by atoms with E-state index in [0.717, 1.165) is 17.8 Å². The zero-order chi connectivity index (χ0) is 89.6. The van der Waals surface area contributed by atoms with E-state index in [4.69, 9.17) is 0 Å². The molecule has 0 saturated carbocycles. The fourth-order valence-electron chi connectivity index (χ4n) is 27.7. The monoisotopic (exact) mass is 1750 g/mol. The Kier molecular flexibility index (Phi) is 31.8. The summed E-state index contributed by atoms with van der Waals surface area (Å²) >= 11 is 0. The number of hydrogen-bond donors (Lipinski definition) is 0. The quantitative estimate of drug-likeness (QED) is 0.0202. The Morgan fingerprint density at radius 3 is 0.402 bits per heavy atom. The predicted octanol–water partition coefficient (Wildman–Crippen LogP) is 44.4. The third-order valence-corrected chi connectivity index (χ3v) is 34.7. The topological polar surface area (TPSA) is 0 Å². The molecule has 3 unspecified atom stereocenters. The van der Waals surface area contributed by atoms with Crippen molar-refractivity contribution < 1.29 is 0 Å². The summed E-state index contributed by atoms with van der Waals surface area (Å²) in [6, 6.07) is 55.8. The summed E-state index contributed by atoms with van der Waals surface area (Å²) in [6.07, 6.45) is 87.2. The molecule has 0 amide bonds. The van der Waals surface area contributed by atoms with Crippen molar-refractivity contribution in [2.45, 2.75) is 446 Å². The van der Waals surface area contributed by atoms with Crippen molar-refractivity contribution in [3.63, 3.8) is 0 Å². The van der Waals surface area contributed by atoms with Gasteiger partial charge in [-0.25, -0.2) is 0 Å². The number of hydrogen-bond acceptors (Lipinski definition) is 0. The lowest BCUT2D eigenvalue weighted by atomic mass is 9.70. The summed E-state index contributed by atoms with van der Waals surface area (Å²) in [4.78, 5) is 0. The van der Waals surface area contributed by atoms with Crippen LogP contribution in [0.2, 0.25) is 0 Å². The minimum atomic E-state index is 0.717. The Bertz CT molecular complexity index is 6080. The Balaban J connectivity index is 0.767. The molecular weight excluding hydrogens is 1590 g/mol. The van der Waals surface area contributed by atoms with Crippen LogP contribution in [0.4, 0.5) is 0 Å². The van der Waals surface area contributed by atoms with Gasteiger partial charge < -0.3 is 0 Å². The average molecular weight is 1750 g/mol. The first-order chi connectivity index (χ1) is 65.4. The first kappa shape index (κ1) is 93.2. The van der Waals surface area contributed by atoms with E-state index in [9.17, 15) is 0 Å². The molecular formula is C132H168. The van der Waals surface area contributed by atoms with Crippen LogP contribution in [-0.4, -0.2) is 0 Å². The van der Waals surface area contributed by atoms with Crippen LogP contribution in [0.5, 0.6) is 0 Å². The summed E-state index contributed by atoms with van der Waals surface area (Å²) in [5.41, 5.74) is 4.66. The summed E-state index contributed by atoms with van der Waals surface area (Å²) < 4.78 is 0. The molecule has 132 heavy (non-hydrogen) atoms. The molecule has 3 atom stereocenters. The third kappa shape index (κ3) is 19.0. The molecule has 0 saturated heterocycles. The molecule has 0 radical (unpaired) electrons. The standard InChI is InChI=1S/C132H168/c1-7-13-19-25-31-37-40-46-52-58-64-91(61-55-49-43-34-28-22-16-10-4)85-94-67-70-97-100-73-76-103-107-80-83-110-114-90-96(87-93(63-57-51-45-36-30-24-18-12-6)66-60-54-48-42-39-33-27-21-15-9-3)69-72-99(114)102-75-78-105-108-81-84-111-113-89-95(86-92(62-56-50-44-35-29-23-17-11-5)65-59-53-47-41-38-32-26-20-14-8-2)68-71-98(113)101-74-77-104-106-79-82-109(112(97)88-94)118-115(100)121(103)127-130(124(106)118)128-122(104)116(101)119(111)126(108)132(128)129-123(105)117(102)120(110)125(107)131(127)129/h67-84,88-93H,7-66,85-87H2,1-6H3. The van der Waals surface area contributed by atoms with Gasteiger partial charge in [0.2, 0.25) is 0 Å². The lowest BCUT2D eigenvalue weighted by Gasteiger charge is -2.31. The molecule has 0 aliphatic heterocycles. The van der Waals surface area contributed by atoms with E-state index < -0.39 is 0 Å². The van der Waals surface area contributed by atoms with Gasteiger partial charge in [-0.15, -0.1) is 0 Å². The molecule has 0 heterocycles. The maximum absolute atomic E-state index is 2.75. The molecule has 0 aliphatic carbocycles. The van der Waals surface area contributed by atoms with Gasteiger partial charge in [-0.3, -0.25) is 0 Å². The van der Waals surface area contributed by atoms with E-state index in [1.807, 2.05) is 0 Å². The van der Waals surface area contributed by atoms with Crippen molar-refractivity contribution in [3.8, 4) is 0 Å². The van der Waals surface area contributed by atoms with Crippen molar-refractivity contribution in [3.05, 3.63) is 144 Å². The summed E-state index contributed by atoms with van der Waals surface area (Å²) in [7, 11) is 0. The van der Waals surface area contributed by atoms with Gasteiger partial charge >= 0.3 is 0 Å². The van der Waals surface area contributed by atoms with Gasteiger partial charge in [0.1, 0.15) is 0 Å². The second kappa shape index (κ2) is 45.0. The fourth-order valence-corrected chi connectivity index (χ4v) is 27.7.